The lowest BCUT2D eigenvalue weighted by molar-refractivity contribution is -0.115. The molecular formula is C21H24N4O2S. The smallest absolute Gasteiger partial charge is 0.237 e. The number of hydrogen-bond acceptors (Lipinski definition) is 5. The molecule has 0 saturated carbocycles. The fraction of sp³-hybridized carbons (Fsp3) is 0.286. The van der Waals surface area contributed by atoms with Gasteiger partial charge in [0.05, 0.1) is 18.0 Å². The van der Waals surface area contributed by atoms with Gasteiger partial charge in [-0.3, -0.25) is 4.79 Å². The second-order valence-corrected chi connectivity index (χ2v) is 7.68. The summed E-state index contributed by atoms with van der Waals surface area (Å²) < 4.78 is 7.36. The highest BCUT2D eigenvalue weighted by molar-refractivity contribution is 8.00. The molecule has 1 heterocycles. The Labute approximate surface area is 169 Å². The fourth-order valence-corrected chi connectivity index (χ4v) is 3.74. The van der Waals surface area contributed by atoms with Gasteiger partial charge in [-0.15, -0.1) is 10.2 Å². The zero-order valence-electron chi connectivity index (χ0n) is 16.5. The maximum absolute atomic E-state index is 12.7. The molecule has 0 spiro atoms. The van der Waals surface area contributed by atoms with E-state index in [1.807, 2.05) is 73.9 Å². The Morgan fingerprint density at radius 2 is 1.96 bits per heavy atom. The van der Waals surface area contributed by atoms with E-state index in [9.17, 15) is 4.79 Å². The van der Waals surface area contributed by atoms with Crippen LogP contribution in [0.25, 0.3) is 11.4 Å². The van der Waals surface area contributed by atoms with Crippen molar-refractivity contribution in [3.63, 3.8) is 0 Å². The SMILES string of the molecule is CCn1c(S[C@@H](C)C(=O)Nc2cc(C)ccc2OC)nnc1-c1ccccc1. The standard InChI is InChI=1S/C21H24N4O2S/c1-5-25-19(16-9-7-6-8-10-16)23-24-21(25)28-15(3)20(26)22-17-13-14(2)11-12-18(17)27-4/h6-13,15H,5H2,1-4H3,(H,22,26)/t15-/m0/s1. The van der Waals surface area contributed by atoms with Crippen LogP contribution in [0.2, 0.25) is 0 Å². The van der Waals surface area contributed by atoms with Crippen LogP contribution in [0.4, 0.5) is 5.69 Å². The summed E-state index contributed by atoms with van der Waals surface area (Å²) in [4.78, 5) is 12.7. The molecule has 1 amide bonds. The average molecular weight is 397 g/mol. The summed E-state index contributed by atoms with van der Waals surface area (Å²) in [5.74, 6) is 1.33. The summed E-state index contributed by atoms with van der Waals surface area (Å²) in [6.07, 6.45) is 0. The number of carbonyl (C=O) groups is 1. The summed E-state index contributed by atoms with van der Waals surface area (Å²) in [5, 5.41) is 12.0. The fourth-order valence-electron chi connectivity index (χ4n) is 2.83. The molecule has 1 aromatic heterocycles. The minimum Gasteiger partial charge on any atom is -0.495 e. The van der Waals surface area contributed by atoms with E-state index in [1.54, 1.807) is 7.11 Å². The van der Waals surface area contributed by atoms with E-state index in [2.05, 4.69) is 15.5 Å². The van der Waals surface area contributed by atoms with Crippen LogP contribution in [0.3, 0.4) is 0 Å². The normalized spacial score (nSPS) is 11.9. The van der Waals surface area contributed by atoms with Gasteiger partial charge in [-0.25, -0.2) is 0 Å². The van der Waals surface area contributed by atoms with Gasteiger partial charge in [-0.2, -0.15) is 0 Å². The van der Waals surface area contributed by atoms with Crippen molar-refractivity contribution in [2.75, 3.05) is 12.4 Å². The van der Waals surface area contributed by atoms with Gasteiger partial charge < -0.3 is 14.6 Å². The Kier molecular flexibility index (Phi) is 6.36. The molecule has 0 unspecified atom stereocenters. The molecule has 0 aliphatic carbocycles. The molecule has 0 saturated heterocycles. The quantitative estimate of drug-likeness (QED) is 0.600. The van der Waals surface area contributed by atoms with Gasteiger partial charge in [0.2, 0.25) is 5.91 Å². The Balaban J connectivity index is 1.76. The molecule has 1 N–H and O–H groups in total. The van der Waals surface area contributed by atoms with Crippen molar-refractivity contribution in [2.24, 2.45) is 0 Å². The van der Waals surface area contributed by atoms with Crippen molar-refractivity contribution in [2.45, 2.75) is 37.7 Å². The van der Waals surface area contributed by atoms with E-state index in [0.29, 0.717) is 11.4 Å². The number of thioether (sulfide) groups is 1. The minimum absolute atomic E-state index is 0.110. The lowest BCUT2D eigenvalue weighted by Crippen LogP contribution is -2.23. The van der Waals surface area contributed by atoms with Crippen LogP contribution < -0.4 is 10.1 Å². The second-order valence-electron chi connectivity index (χ2n) is 6.37. The Bertz CT molecular complexity index is 956. The first-order valence-corrected chi connectivity index (χ1v) is 10.0. The predicted molar refractivity (Wildman–Crippen MR) is 113 cm³/mol. The molecule has 7 heteroatoms. The summed E-state index contributed by atoms with van der Waals surface area (Å²) in [7, 11) is 1.59. The third-order valence-electron chi connectivity index (χ3n) is 4.33. The summed E-state index contributed by atoms with van der Waals surface area (Å²) in [5.41, 5.74) is 2.72. The first kappa shape index (κ1) is 19.9. The zero-order valence-corrected chi connectivity index (χ0v) is 17.3. The number of carbonyl (C=O) groups excluding carboxylic acids is 1. The Hall–Kier alpha value is -2.80. The van der Waals surface area contributed by atoms with Crippen molar-refractivity contribution >= 4 is 23.4 Å². The highest BCUT2D eigenvalue weighted by atomic mass is 32.2. The molecule has 0 radical (unpaired) electrons. The molecular weight excluding hydrogens is 372 g/mol. The molecule has 3 rings (SSSR count). The first-order chi connectivity index (χ1) is 13.5. The van der Waals surface area contributed by atoms with E-state index in [0.717, 1.165) is 28.7 Å². The first-order valence-electron chi connectivity index (χ1n) is 9.14. The third kappa shape index (κ3) is 4.36. The summed E-state index contributed by atoms with van der Waals surface area (Å²) in [6.45, 7) is 6.60. The van der Waals surface area contributed by atoms with Crippen LogP contribution in [0, 0.1) is 6.92 Å². The van der Waals surface area contributed by atoms with Crippen LogP contribution in [0.1, 0.15) is 19.4 Å². The van der Waals surface area contributed by atoms with Crippen LogP contribution in [0.5, 0.6) is 5.75 Å². The van der Waals surface area contributed by atoms with Gasteiger partial charge in [0.1, 0.15) is 5.75 Å². The van der Waals surface area contributed by atoms with Crippen molar-refractivity contribution < 1.29 is 9.53 Å². The summed E-state index contributed by atoms with van der Waals surface area (Å²) >= 11 is 1.39. The number of nitrogens with one attached hydrogen (secondary N) is 1. The molecule has 6 nitrogen and oxygen atoms in total. The summed E-state index contributed by atoms with van der Waals surface area (Å²) in [6, 6.07) is 15.6. The van der Waals surface area contributed by atoms with E-state index in [1.165, 1.54) is 11.8 Å². The lowest BCUT2D eigenvalue weighted by atomic mass is 10.2. The minimum atomic E-state index is -0.344. The van der Waals surface area contributed by atoms with Crippen molar-refractivity contribution in [3.8, 4) is 17.1 Å². The second kappa shape index (κ2) is 8.93. The monoisotopic (exact) mass is 396 g/mol. The molecule has 1 atom stereocenters. The number of rotatable bonds is 7. The molecule has 28 heavy (non-hydrogen) atoms. The number of hydrogen-bond donors (Lipinski definition) is 1. The maximum atomic E-state index is 12.7. The molecule has 2 aromatic carbocycles. The van der Waals surface area contributed by atoms with Crippen LogP contribution in [-0.4, -0.2) is 33.0 Å². The highest BCUT2D eigenvalue weighted by Gasteiger charge is 2.21. The number of aromatic nitrogens is 3. The van der Waals surface area contributed by atoms with Crippen molar-refractivity contribution in [1.29, 1.82) is 0 Å². The van der Waals surface area contributed by atoms with Crippen LogP contribution >= 0.6 is 11.8 Å². The molecule has 0 aliphatic heterocycles. The van der Waals surface area contributed by atoms with Gasteiger partial charge in [0.15, 0.2) is 11.0 Å². The number of nitrogens with zero attached hydrogens (tertiary/aromatic N) is 3. The number of methoxy groups -OCH3 is 1. The number of aryl methyl sites for hydroxylation is 1. The van der Waals surface area contributed by atoms with E-state index in [-0.39, 0.29) is 11.2 Å². The number of benzene rings is 2. The number of amides is 1. The van der Waals surface area contributed by atoms with Gasteiger partial charge in [0.25, 0.3) is 0 Å². The average Bonchev–Trinajstić information content (AvgIpc) is 3.11. The van der Waals surface area contributed by atoms with Crippen molar-refractivity contribution in [3.05, 3.63) is 54.1 Å². The Morgan fingerprint density at radius 3 is 2.64 bits per heavy atom. The van der Waals surface area contributed by atoms with Gasteiger partial charge in [-0.1, -0.05) is 48.2 Å². The van der Waals surface area contributed by atoms with E-state index < -0.39 is 0 Å². The van der Waals surface area contributed by atoms with Crippen LogP contribution in [-0.2, 0) is 11.3 Å². The predicted octanol–water partition coefficient (Wildman–Crippen LogP) is 4.40. The molecule has 0 aliphatic rings. The molecule has 0 bridgehead atoms. The number of anilines is 1. The Morgan fingerprint density at radius 1 is 1.21 bits per heavy atom. The van der Waals surface area contributed by atoms with Crippen molar-refractivity contribution in [1.82, 2.24) is 14.8 Å². The van der Waals surface area contributed by atoms with Gasteiger partial charge in [-0.05, 0) is 38.5 Å². The van der Waals surface area contributed by atoms with Gasteiger partial charge in [0, 0.05) is 12.1 Å². The largest absolute Gasteiger partial charge is 0.495 e. The lowest BCUT2D eigenvalue weighted by Gasteiger charge is -2.15. The van der Waals surface area contributed by atoms with Gasteiger partial charge >= 0.3 is 0 Å². The third-order valence-corrected chi connectivity index (χ3v) is 5.41. The van der Waals surface area contributed by atoms with E-state index in [4.69, 9.17) is 4.74 Å². The maximum Gasteiger partial charge on any atom is 0.237 e. The molecule has 0 fully saturated rings. The van der Waals surface area contributed by atoms with Crippen LogP contribution in [0.15, 0.2) is 53.7 Å². The zero-order chi connectivity index (χ0) is 20.1. The topological polar surface area (TPSA) is 69.0 Å². The van der Waals surface area contributed by atoms with E-state index >= 15 is 0 Å². The molecule has 146 valence electrons. The number of ether oxygens (including phenoxy) is 1. The molecule has 3 aromatic rings. The highest BCUT2D eigenvalue weighted by Crippen LogP contribution is 2.29.